The van der Waals surface area contributed by atoms with Crippen LogP contribution in [0.1, 0.15) is 55.5 Å². The van der Waals surface area contributed by atoms with Crippen molar-refractivity contribution in [1.82, 2.24) is 15.5 Å². The molecule has 3 aromatic carbocycles. The van der Waals surface area contributed by atoms with Gasteiger partial charge < -0.3 is 35.1 Å². The Kier molecular flexibility index (Phi) is 12.5. The minimum atomic E-state index is -1.10. The first-order valence-corrected chi connectivity index (χ1v) is 17.3. The van der Waals surface area contributed by atoms with Crippen molar-refractivity contribution in [2.75, 3.05) is 32.8 Å². The topological polar surface area (TPSA) is 147 Å². The highest BCUT2D eigenvalue weighted by Crippen LogP contribution is 2.32. The molecule has 0 saturated carbocycles. The van der Waals surface area contributed by atoms with Crippen molar-refractivity contribution in [1.29, 1.82) is 0 Å². The molecule has 0 unspecified atom stereocenters. The summed E-state index contributed by atoms with van der Waals surface area (Å²) in [5, 5.41) is 28.5. The molecule has 1 fully saturated rings. The molecule has 1 aliphatic heterocycles. The van der Waals surface area contributed by atoms with E-state index in [9.17, 15) is 24.6 Å². The molecular formula is C39H49N3O8. The number of nitrogens with one attached hydrogen (secondary N) is 2. The molecule has 4 N–H and O–H groups in total. The summed E-state index contributed by atoms with van der Waals surface area (Å²) in [7, 11) is 0. The number of aliphatic hydroxyl groups excluding tert-OH is 2. The number of hydrogen-bond acceptors (Lipinski definition) is 9. The summed E-state index contributed by atoms with van der Waals surface area (Å²) in [5.74, 6) is -0.581. The molecule has 50 heavy (non-hydrogen) atoms. The molecule has 268 valence electrons. The van der Waals surface area contributed by atoms with Crippen LogP contribution in [0.25, 0.3) is 0 Å². The van der Waals surface area contributed by atoms with Gasteiger partial charge in [-0.1, -0.05) is 66.7 Å². The predicted octanol–water partition coefficient (Wildman–Crippen LogP) is 3.74. The van der Waals surface area contributed by atoms with Crippen molar-refractivity contribution in [2.45, 2.75) is 76.3 Å². The van der Waals surface area contributed by atoms with Gasteiger partial charge in [0, 0.05) is 25.4 Å². The first-order chi connectivity index (χ1) is 23.9. The number of amides is 2. The highest BCUT2D eigenvalue weighted by atomic mass is 16.6. The molecule has 11 nitrogen and oxygen atoms in total. The fraction of sp³-hybridized carbons (Fsp3) is 0.462. The number of carbonyl (C=O) groups is 3. The van der Waals surface area contributed by atoms with Gasteiger partial charge in [0.2, 0.25) is 5.91 Å². The first-order valence-electron chi connectivity index (χ1n) is 17.3. The van der Waals surface area contributed by atoms with E-state index >= 15 is 0 Å². The van der Waals surface area contributed by atoms with Crippen LogP contribution in [0.4, 0.5) is 4.79 Å². The second-order valence-electron chi connectivity index (χ2n) is 14.1. The van der Waals surface area contributed by atoms with Gasteiger partial charge in [0.1, 0.15) is 24.6 Å². The normalized spacial score (nSPS) is 19.4. The SMILES string of the molecule is CC(C)(C)OC(=O)N[C@@H](Cc1ccccc1)[C@@H](O)C[C@@H](Cc1ccc(OCCN2CCOC(=O)C2)cc1)C(=O)N[C@H]1c2ccccc2C[C@H]1O. The lowest BCUT2D eigenvalue weighted by atomic mass is 9.88. The standard InChI is InChI=1S/C39H49N3O8/c1-39(2,3)50-38(47)40-32(22-26-9-5-4-6-10-26)33(43)24-29(37(46)41-36-31-12-8-7-11-28(31)23-34(36)44)21-27-13-15-30(16-14-27)48-19-17-42-18-20-49-35(45)25-42/h4-16,29,32-34,36,43-44H,17-25H2,1-3H3,(H,40,47)(H,41,46)/t29-,32+,33+,34-,36+/m1/s1. The summed E-state index contributed by atoms with van der Waals surface area (Å²) >= 11 is 0. The predicted molar refractivity (Wildman–Crippen MR) is 187 cm³/mol. The molecule has 0 spiro atoms. The number of nitrogens with zero attached hydrogens (tertiary/aromatic N) is 1. The lowest BCUT2D eigenvalue weighted by Gasteiger charge is -2.30. The van der Waals surface area contributed by atoms with Crippen LogP contribution in [-0.4, -0.2) is 89.8 Å². The quantitative estimate of drug-likeness (QED) is 0.186. The van der Waals surface area contributed by atoms with Crippen LogP contribution in [0.15, 0.2) is 78.9 Å². The number of benzene rings is 3. The van der Waals surface area contributed by atoms with Gasteiger partial charge in [-0.2, -0.15) is 0 Å². The average Bonchev–Trinajstić information content (AvgIpc) is 3.38. The van der Waals surface area contributed by atoms with Crippen molar-refractivity contribution in [3.8, 4) is 5.75 Å². The third kappa shape index (κ3) is 10.8. The zero-order chi connectivity index (χ0) is 35.7. The minimum absolute atomic E-state index is 0.0418. The van der Waals surface area contributed by atoms with E-state index < -0.39 is 41.9 Å². The van der Waals surface area contributed by atoms with Crippen LogP contribution < -0.4 is 15.4 Å². The number of ether oxygens (including phenoxy) is 3. The van der Waals surface area contributed by atoms with Gasteiger partial charge in [-0.3, -0.25) is 14.5 Å². The van der Waals surface area contributed by atoms with E-state index in [1.807, 2.05) is 83.8 Å². The fourth-order valence-corrected chi connectivity index (χ4v) is 6.45. The molecule has 0 radical (unpaired) electrons. The van der Waals surface area contributed by atoms with Crippen LogP contribution in [0.2, 0.25) is 0 Å². The first kappa shape index (κ1) is 36.8. The Morgan fingerprint density at radius 2 is 1.68 bits per heavy atom. The summed E-state index contributed by atoms with van der Waals surface area (Å²) < 4.78 is 16.4. The molecule has 1 aliphatic carbocycles. The molecule has 1 heterocycles. The highest BCUT2D eigenvalue weighted by Gasteiger charge is 2.35. The molecular weight excluding hydrogens is 638 g/mol. The van der Waals surface area contributed by atoms with Crippen molar-refractivity contribution < 1.29 is 38.8 Å². The monoisotopic (exact) mass is 687 g/mol. The van der Waals surface area contributed by atoms with Gasteiger partial charge in [0.25, 0.3) is 0 Å². The van der Waals surface area contributed by atoms with E-state index in [2.05, 4.69) is 10.6 Å². The van der Waals surface area contributed by atoms with Gasteiger partial charge in [0.15, 0.2) is 0 Å². The average molecular weight is 688 g/mol. The van der Waals surface area contributed by atoms with E-state index in [1.165, 1.54) is 0 Å². The molecule has 0 bridgehead atoms. The number of hydrogen-bond donors (Lipinski definition) is 4. The van der Waals surface area contributed by atoms with E-state index in [-0.39, 0.29) is 24.8 Å². The van der Waals surface area contributed by atoms with Gasteiger partial charge >= 0.3 is 12.1 Å². The number of fused-ring (bicyclic) bond motifs is 1. The Bertz CT molecular complexity index is 1580. The van der Waals surface area contributed by atoms with Crippen molar-refractivity contribution in [3.05, 3.63) is 101 Å². The number of alkyl carbamates (subject to hydrolysis) is 1. The molecule has 2 aliphatic rings. The number of morpholine rings is 1. The summed E-state index contributed by atoms with van der Waals surface area (Å²) in [6, 6.07) is 23.3. The summed E-state index contributed by atoms with van der Waals surface area (Å²) in [6.45, 7) is 7.62. The molecule has 11 heteroatoms. The summed E-state index contributed by atoms with van der Waals surface area (Å²) in [4.78, 5) is 40.5. The molecule has 5 atom stereocenters. The van der Waals surface area contributed by atoms with Crippen LogP contribution in [0.5, 0.6) is 5.75 Å². The van der Waals surface area contributed by atoms with Crippen LogP contribution in [0.3, 0.4) is 0 Å². The van der Waals surface area contributed by atoms with E-state index in [0.29, 0.717) is 51.3 Å². The van der Waals surface area contributed by atoms with Gasteiger partial charge in [-0.25, -0.2) is 4.79 Å². The molecule has 5 rings (SSSR count). The van der Waals surface area contributed by atoms with E-state index in [4.69, 9.17) is 14.2 Å². The van der Waals surface area contributed by atoms with Crippen LogP contribution >= 0.6 is 0 Å². The van der Waals surface area contributed by atoms with E-state index in [1.54, 1.807) is 20.8 Å². The maximum atomic E-state index is 14.1. The second kappa shape index (κ2) is 17.0. The molecule has 2 amide bonds. The highest BCUT2D eigenvalue weighted by molar-refractivity contribution is 5.80. The Balaban J connectivity index is 1.30. The fourth-order valence-electron chi connectivity index (χ4n) is 6.45. The van der Waals surface area contributed by atoms with Gasteiger partial charge in [0.05, 0.1) is 30.8 Å². The largest absolute Gasteiger partial charge is 0.492 e. The molecule has 0 aromatic heterocycles. The smallest absolute Gasteiger partial charge is 0.407 e. The summed E-state index contributed by atoms with van der Waals surface area (Å²) in [6.07, 6.45) is -1.41. The number of cyclic esters (lactones) is 1. The maximum Gasteiger partial charge on any atom is 0.407 e. The molecule has 3 aromatic rings. The number of carbonyl (C=O) groups excluding carboxylic acids is 3. The zero-order valence-corrected chi connectivity index (χ0v) is 29.0. The summed E-state index contributed by atoms with van der Waals surface area (Å²) in [5.41, 5.74) is 2.90. The number of esters is 1. The Morgan fingerprint density at radius 3 is 2.40 bits per heavy atom. The third-order valence-electron chi connectivity index (χ3n) is 8.97. The third-order valence-corrected chi connectivity index (χ3v) is 8.97. The zero-order valence-electron chi connectivity index (χ0n) is 29.0. The van der Waals surface area contributed by atoms with Gasteiger partial charge in [-0.05, 0) is 74.4 Å². The minimum Gasteiger partial charge on any atom is -0.492 e. The molecule has 1 saturated heterocycles. The lowest BCUT2D eigenvalue weighted by molar-refractivity contribution is -0.150. The van der Waals surface area contributed by atoms with Crippen molar-refractivity contribution in [3.63, 3.8) is 0 Å². The van der Waals surface area contributed by atoms with Crippen LogP contribution in [0, 0.1) is 5.92 Å². The van der Waals surface area contributed by atoms with Crippen LogP contribution in [-0.2, 0) is 38.3 Å². The Hall–Kier alpha value is -4.45. The van der Waals surface area contributed by atoms with E-state index in [0.717, 1.165) is 22.3 Å². The Labute approximate surface area is 293 Å². The maximum absolute atomic E-state index is 14.1. The number of rotatable bonds is 14. The Morgan fingerprint density at radius 1 is 0.980 bits per heavy atom. The van der Waals surface area contributed by atoms with Gasteiger partial charge in [-0.15, -0.1) is 0 Å². The lowest BCUT2D eigenvalue weighted by Crippen LogP contribution is -2.48. The van der Waals surface area contributed by atoms with Crippen molar-refractivity contribution in [2.24, 2.45) is 5.92 Å². The number of aliphatic hydroxyl groups is 2. The van der Waals surface area contributed by atoms with Crippen molar-refractivity contribution >= 4 is 18.0 Å². The second-order valence-corrected chi connectivity index (χ2v) is 14.1.